The number of nitriles is 1. The minimum absolute atomic E-state index is 0.0933. The summed E-state index contributed by atoms with van der Waals surface area (Å²) in [4.78, 5) is 7.27. The molecule has 3 aromatic rings. The van der Waals surface area contributed by atoms with Crippen LogP contribution in [-0.2, 0) is 0 Å². The number of aromatic hydroxyl groups is 1. The quantitative estimate of drug-likeness (QED) is 0.698. The van der Waals surface area contributed by atoms with Gasteiger partial charge in [0.1, 0.15) is 0 Å². The Labute approximate surface area is 122 Å². The SMILES string of the molecule is Cc1ccc2c(C=Nc3cccc(C#N)c3)c(O)[nH]c2c1. The maximum absolute atomic E-state index is 10.0. The summed E-state index contributed by atoms with van der Waals surface area (Å²) in [7, 11) is 0. The number of aliphatic imine (C=N–C) groups is 1. The molecule has 0 atom stereocenters. The molecule has 1 aromatic heterocycles. The highest BCUT2D eigenvalue weighted by Crippen LogP contribution is 2.27. The van der Waals surface area contributed by atoms with Crippen molar-refractivity contribution in [1.82, 2.24) is 4.98 Å². The van der Waals surface area contributed by atoms with Gasteiger partial charge in [-0.25, -0.2) is 0 Å². The monoisotopic (exact) mass is 275 g/mol. The van der Waals surface area contributed by atoms with Gasteiger partial charge in [0.05, 0.1) is 22.9 Å². The lowest BCUT2D eigenvalue weighted by atomic mass is 10.1. The van der Waals surface area contributed by atoms with Gasteiger partial charge >= 0.3 is 0 Å². The number of aryl methyl sites for hydroxylation is 1. The van der Waals surface area contributed by atoms with Gasteiger partial charge in [0.2, 0.25) is 0 Å². The molecule has 1 heterocycles. The first-order valence-electron chi connectivity index (χ1n) is 6.53. The molecule has 3 rings (SSSR count). The van der Waals surface area contributed by atoms with Gasteiger partial charge in [-0.05, 0) is 36.8 Å². The van der Waals surface area contributed by atoms with Crippen LogP contribution in [0.15, 0.2) is 47.5 Å². The molecule has 102 valence electrons. The molecular weight excluding hydrogens is 262 g/mol. The Morgan fingerprint density at radius 1 is 1.24 bits per heavy atom. The summed E-state index contributed by atoms with van der Waals surface area (Å²) in [5.74, 6) is 0.0933. The fourth-order valence-electron chi connectivity index (χ4n) is 2.24. The van der Waals surface area contributed by atoms with E-state index in [9.17, 15) is 5.11 Å². The van der Waals surface area contributed by atoms with Crippen molar-refractivity contribution >= 4 is 22.8 Å². The first-order chi connectivity index (χ1) is 10.2. The van der Waals surface area contributed by atoms with Crippen LogP contribution in [-0.4, -0.2) is 16.3 Å². The summed E-state index contributed by atoms with van der Waals surface area (Å²) in [5, 5.41) is 19.8. The molecule has 0 bridgehead atoms. The molecule has 2 aromatic carbocycles. The van der Waals surface area contributed by atoms with Crippen molar-refractivity contribution in [3.63, 3.8) is 0 Å². The summed E-state index contributed by atoms with van der Waals surface area (Å²) in [6.45, 7) is 2.00. The number of hydrogen-bond acceptors (Lipinski definition) is 3. The molecule has 0 spiro atoms. The largest absolute Gasteiger partial charge is 0.494 e. The molecule has 0 amide bonds. The summed E-state index contributed by atoms with van der Waals surface area (Å²) in [6.07, 6.45) is 1.61. The number of aromatic nitrogens is 1. The third-order valence-corrected chi connectivity index (χ3v) is 3.29. The number of aromatic amines is 1. The van der Waals surface area contributed by atoms with Crippen molar-refractivity contribution in [2.24, 2.45) is 4.99 Å². The van der Waals surface area contributed by atoms with E-state index in [1.807, 2.05) is 31.2 Å². The molecule has 4 heteroatoms. The maximum atomic E-state index is 10.0. The normalized spacial score (nSPS) is 11.0. The molecule has 0 radical (unpaired) electrons. The third-order valence-electron chi connectivity index (χ3n) is 3.29. The van der Waals surface area contributed by atoms with E-state index in [2.05, 4.69) is 16.0 Å². The standard InChI is InChI=1S/C17H13N3O/c1-11-5-6-14-15(17(21)20-16(14)7-11)10-19-13-4-2-3-12(8-13)9-18/h2-8,10,20-21H,1H3. The molecular formula is C17H13N3O. The average molecular weight is 275 g/mol. The molecule has 0 unspecified atom stereocenters. The maximum Gasteiger partial charge on any atom is 0.198 e. The van der Waals surface area contributed by atoms with Gasteiger partial charge in [0.15, 0.2) is 5.88 Å². The fraction of sp³-hybridized carbons (Fsp3) is 0.0588. The van der Waals surface area contributed by atoms with Crippen molar-refractivity contribution in [2.45, 2.75) is 6.92 Å². The lowest BCUT2D eigenvalue weighted by Gasteiger charge is -1.96. The highest BCUT2D eigenvalue weighted by molar-refractivity contribution is 6.02. The molecule has 21 heavy (non-hydrogen) atoms. The van der Waals surface area contributed by atoms with Crippen LogP contribution in [0.1, 0.15) is 16.7 Å². The lowest BCUT2D eigenvalue weighted by molar-refractivity contribution is 0.457. The van der Waals surface area contributed by atoms with Crippen molar-refractivity contribution in [3.05, 3.63) is 59.2 Å². The fourth-order valence-corrected chi connectivity index (χ4v) is 2.24. The summed E-state index contributed by atoms with van der Waals surface area (Å²) in [5.41, 5.74) is 3.87. The summed E-state index contributed by atoms with van der Waals surface area (Å²) in [6, 6.07) is 15.0. The van der Waals surface area contributed by atoms with Crippen molar-refractivity contribution < 1.29 is 5.11 Å². The second kappa shape index (κ2) is 5.14. The molecule has 0 aliphatic heterocycles. The molecule has 0 aliphatic carbocycles. The first kappa shape index (κ1) is 12.9. The highest BCUT2D eigenvalue weighted by atomic mass is 16.3. The molecule has 0 aliphatic rings. The molecule has 0 fully saturated rings. The lowest BCUT2D eigenvalue weighted by Crippen LogP contribution is -1.80. The Balaban J connectivity index is 2.03. The van der Waals surface area contributed by atoms with E-state index in [4.69, 9.17) is 5.26 Å². The predicted octanol–water partition coefficient (Wildman–Crippen LogP) is 3.80. The highest BCUT2D eigenvalue weighted by Gasteiger charge is 2.08. The van der Waals surface area contributed by atoms with Crippen LogP contribution < -0.4 is 0 Å². The van der Waals surface area contributed by atoms with Crippen LogP contribution in [0.5, 0.6) is 5.88 Å². The second-order valence-electron chi connectivity index (χ2n) is 4.86. The van der Waals surface area contributed by atoms with Gasteiger partial charge in [-0.2, -0.15) is 5.26 Å². The van der Waals surface area contributed by atoms with Crippen molar-refractivity contribution in [2.75, 3.05) is 0 Å². The number of nitrogens with zero attached hydrogens (tertiary/aromatic N) is 2. The van der Waals surface area contributed by atoms with E-state index in [1.54, 1.807) is 24.4 Å². The Hall–Kier alpha value is -3.06. The zero-order chi connectivity index (χ0) is 14.8. The van der Waals surface area contributed by atoms with Gasteiger partial charge in [-0.1, -0.05) is 18.2 Å². The van der Waals surface area contributed by atoms with Crippen LogP contribution in [0.2, 0.25) is 0 Å². The third kappa shape index (κ3) is 2.49. The Bertz CT molecular complexity index is 885. The van der Waals surface area contributed by atoms with Gasteiger partial charge in [0.25, 0.3) is 0 Å². The molecule has 2 N–H and O–H groups in total. The zero-order valence-corrected chi connectivity index (χ0v) is 11.5. The number of rotatable bonds is 2. The number of nitrogens with one attached hydrogen (secondary N) is 1. The van der Waals surface area contributed by atoms with E-state index < -0.39 is 0 Å². The summed E-state index contributed by atoms with van der Waals surface area (Å²) >= 11 is 0. The van der Waals surface area contributed by atoms with E-state index in [0.717, 1.165) is 16.5 Å². The minimum Gasteiger partial charge on any atom is -0.494 e. The van der Waals surface area contributed by atoms with Gasteiger partial charge in [-0.15, -0.1) is 0 Å². The van der Waals surface area contributed by atoms with Crippen LogP contribution in [0, 0.1) is 18.3 Å². The van der Waals surface area contributed by atoms with Crippen molar-refractivity contribution in [1.29, 1.82) is 5.26 Å². The number of fused-ring (bicyclic) bond motifs is 1. The van der Waals surface area contributed by atoms with Gasteiger partial charge < -0.3 is 10.1 Å². The molecule has 0 saturated carbocycles. The first-order valence-corrected chi connectivity index (χ1v) is 6.53. The number of benzene rings is 2. The van der Waals surface area contributed by atoms with E-state index >= 15 is 0 Å². The second-order valence-corrected chi connectivity index (χ2v) is 4.86. The Kier molecular flexibility index (Phi) is 3.17. The molecule has 0 saturated heterocycles. The van der Waals surface area contributed by atoms with E-state index in [0.29, 0.717) is 16.8 Å². The van der Waals surface area contributed by atoms with Crippen LogP contribution >= 0.6 is 0 Å². The predicted molar refractivity (Wildman–Crippen MR) is 83.1 cm³/mol. The van der Waals surface area contributed by atoms with Crippen molar-refractivity contribution in [3.8, 4) is 11.9 Å². The summed E-state index contributed by atoms with van der Waals surface area (Å²) < 4.78 is 0. The molecule has 4 nitrogen and oxygen atoms in total. The van der Waals surface area contributed by atoms with Crippen LogP contribution in [0.4, 0.5) is 5.69 Å². The minimum atomic E-state index is 0.0933. The van der Waals surface area contributed by atoms with Gasteiger partial charge in [0, 0.05) is 17.1 Å². The number of H-pyrrole nitrogens is 1. The van der Waals surface area contributed by atoms with Gasteiger partial charge in [-0.3, -0.25) is 4.99 Å². The van der Waals surface area contributed by atoms with E-state index in [1.165, 1.54) is 0 Å². The van der Waals surface area contributed by atoms with Crippen LogP contribution in [0.25, 0.3) is 10.9 Å². The van der Waals surface area contributed by atoms with Crippen LogP contribution in [0.3, 0.4) is 0 Å². The number of hydrogen-bond donors (Lipinski definition) is 2. The van der Waals surface area contributed by atoms with E-state index in [-0.39, 0.29) is 5.88 Å². The zero-order valence-electron chi connectivity index (χ0n) is 11.5. The smallest absolute Gasteiger partial charge is 0.198 e. The topological polar surface area (TPSA) is 72.2 Å². The average Bonchev–Trinajstić information content (AvgIpc) is 2.80. The Morgan fingerprint density at radius 3 is 2.90 bits per heavy atom. The Morgan fingerprint density at radius 2 is 2.10 bits per heavy atom.